The van der Waals surface area contributed by atoms with Crippen LogP contribution in [0.15, 0.2) is 48.5 Å². The van der Waals surface area contributed by atoms with Gasteiger partial charge in [0.1, 0.15) is 0 Å². The van der Waals surface area contributed by atoms with Crippen LogP contribution in [0.5, 0.6) is 0 Å². The summed E-state index contributed by atoms with van der Waals surface area (Å²) in [5.41, 5.74) is 2.18. The van der Waals surface area contributed by atoms with Crippen LogP contribution in [0, 0.1) is 0 Å². The Morgan fingerprint density at radius 1 is 1.10 bits per heavy atom. The minimum atomic E-state index is -3.46. The Bertz CT molecular complexity index is 1230. The van der Waals surface area contributed by atoms with Crippen molar-refractivity contribution >= 4 is 27.3 Å². The maximum Gasteiger partial charge on any atom is 0.251 e. The van der Waals surface area contributed by atoms with Crippen molar-refractivity contribution in [2.24, 2.45) is 0 Å². The fourth-order valence-corrected chi connectivity index (χ4v) is 6.83. The molecule has 10 heteroatoms. The van der Waals surface area contributed by atoms with E-state index >= 15 is 0 Å². The van der Waals surface area contributed by atoms with Gasteiger partial charge >= 0.3 is 0 Å². The lowest BCUT2D eigenvalue weighted by molar-refractivity contribution is 0.0657. The largest absolute Gasteiger partial charge is 0.390 e. The van der Waals surface area contributed by atoms with E-state index in [9.17, 15) is 18.3 Å². The number of hydrogen-bond acceptors (Lipinski definition) is 7. The van der Waals surface area contributed by atoms with Gasteiger partial charge in [0.2, 0.25) is 10.0 Å². The first kappa shape index (κ1) is 30.3. The van der Waals surface area contributed by atoms with E-state index < -0.39 is 22.2 Å². The molecule has 0 saturated carbocycles. The van der Waals surface area contributed by atoms with Crippen molar-refractivity contribution in [2.75, 3.05) is 41.7 Å². The SMILES string of the molecule is CC(C)(C)Nc1cc(C(=O)N[C@@H](Cc2ccccc2)[C@H](O)CNC2CCOCC2)cc(N2CCCCS2(=O)=O)c1. The maximum absolute atomic E-state index is 13.7. The van der Waals surface area contributed by atoms with Crippen LogP contribution in [0.4, 0.5) is 11.4 Å². The van der Waals surface area contributed by atoms with Crippen LogP contribution in [0.1, 0.15) is 62.4 Å². The molecule has 0 radical (unpaired) electrons. The number of sulfonamides is 1. The summed E-state index contributed by atoms with van der Waals surface area (Å²) in [5.74, 6) is -0.268. The number of benzene rings is 2. The molecule has 2 fully saturated rings. The zero-order chi connectivity index (χ0) is 28.8. The molecule has 9 nitrogen and oxygen atoms in total. The van der Waals surface area contributed by atoms with Crippen molar-refractivity contribution in [1.29, 1.82) is 0 Å². The number of aliphatic hydroxyl groups is 1. The zero-order valence-electron chi connectivity index (χ0n) is 23.9. The lowest BCUT2D eigenvalue weighted by atomic mass is 9.99. The second-order valence-electron chi connectivity index (χ2n) is 11.9. The van der Waals surface area contributed by atoms with Gasteiger partial charge in [0, 0.05) is 49.1 Å². The summed E-state index contributed by atoms with van der Waals surface area (Å²) in [7, 11) is -3.46. The molecule has 2 aliphatic heterocycles. The summed E-state index contributed by atoms with van der Waals surface area (Å²) in [6.45, 7) is 8.15. The first-order valence-corrected chi connectivity index (χ1v) is 15.9. The number of aliphatic hydroxyl groups excluding tert-OH is 1. The first-order chi connectivity index (χ1) is 19.0. The maximum atomic E-state index is 13.7. The van der Waals surface area contributed by atoms with Gasteiger partial charge < -0.3 is 25.8 Å². The van der Waals surface area contributed by atoms with E-state index in [1.54, 1.807) is 18.2 Å². The number of carbonyl (C=O) groups excluding carboxylic acids is 1. The van der Waals surface area contributed by atoms with E-state index in [2.05, 4.69) is 16.0 Å². The van der Waals surface area contributed by atoms with Crippen molar-refractivity contribution in [3.63, 3.8) is 0 Å². The van der Waals surface area contributed by atoms with Gasteiger partial charge in [-0.15, -0.1) is 0 Å². The molecule has 2 aromatic carbocycles. The molecule has 220 valence electrons. The summed E-state index contributed by atoms with van der Waals surface area (Å²) in [6.07, 6.45) is 2.80. The van der Waals surface area contributed by atoms with E-state index in [0.717, 1.165) is 24.8 Å². The molecular formula is C30H44N4O5S. The van der Waals surface area contributed by atoms with Gasteiger partial charge in [-0.25, -0.2) is 8.42 Å². The van der Waals surface area contributed by atoms with Crippen LogP contribution in [0.2, 0.25) is 0 Å². The Balaban J connectivity index is 1.58. The summed E-state index contributed by atoms with van der Waals surface area (Å²) in [4.78, 5) is 13.7. The first-order valence-electron chi connectivity index (χ1n) is 14.3. The molecule has 0 spiro atoms. The number of nitrogens with one attached hydrogen (secondary N) is 3. The van der Waals surface area contributed by atoms with Gasteiger partial charge in [0.15, 0.2) is 0 Å². The minimum absolute atomic E-state index is 0.0942. The molecule has 4 N–H and O–H groups in total. The van der Waals surface area contributed by atoms with Gasteiger partial charge in [-0.3, -0.25) is 9.10 Å². The number of ether oxygens (including phenoxy) is 1. The smallest absolute Gasteiger partial charge is 0.251 e. The lowest BCUT2D eigenvalue weighted by Gasteiger charge is -2.31. The summed E-state index contributed by atoms with van der Waals surface area (Å²) >= 11 is 0. The number of carbonyl (C=O) groups is 1. The molecule has 40 heavy (non-hydrogen) atoms. The Labute approximate surface area is 238 Å². The van der Waals surface area contributed by atoms with Crippen LogP contribution < -0.4 is 20.3 Å². The van der Waals surface area contributed by atoms with Gasteiger partial charge in [-0.1, -0.05) is 30.3 Å². The third-order valence-corrected chi connectivity index (χ3v) is 9.12. The van der Waals surface area contributed by atoms with Gasteiger partial charge in [0.05, 0.1) is 23.6 Å². The number of amides is 1. The predicted molar refractivity (Wildman–Crippen MR) is 159 cm³/mol. The number of hydrogen-bond donors (Lipinski definition) is 4. The van der Waals surface area contributed by atoms with Crippen molar-refractivity contribution in [1.82, 2.24) is 10.6 Å². The fraction of sp³-hybridized carbons (Fsp3) is 0.567. The molecule has 4 rings (SSSR count). The molecule has 2 aliphatic rings. The quantitative estimate of drug-likeness (QED) is 0.345. The summed E-state index contributed by atoms with van der Waals surface area (Å²) in [5, 5.41) is 21.1. The normalized spacial score (nSPS) is 19.6. The second kappa shape index (κ2) is 13.3. The van der Waals surface area contributed by atoms with Crippen molar-refractivity contribution in [2.45, 2.75) is 76.6 Å². The van der Waals surface area contributed by atoms with Crippen LogP contribution in [-0.4, -0.2) is 75.2 Å². The molecule has 2 atom stereocenters. The predicted octanol–water partition coefficient (Wildman–Crippen LogP) is 3.30. The van der Waals surface area contributed by atoms with E-state index in [1.807, 2.05) is 51.1 Å². The monoisotopic (exact) mass is 572 g/mol. The van der Waals surface area contributed by atoms with Gasteiger partial charge in [-0.2, -0.15) is 0 Å². The van der Waals surface area contributed by atoms with Crippen molar-refractivity contribution < 1.29 is 23.1 Å². The summed E-state index contributed by atoms with van der Waals surface area (Å²) in [6, 6.07) is 14.7. The third kappa shape index (κ3) is 8.67. The standard InChI is InChI=1S/C30H44N4O5S/c1-30(2,3)33-25-18-23(19-26(20-25)34-13-7-8-16-40(34,37)38)29(36)32-27(17-22-9-5-4-6-10-22)28(35)21-31-24-11-14-39-15-12-24/h4-6,9-10,18-20,24,27-28,31,33,35H,7-8,11-17,21H2,1-3H3,(H,32,36)/t27-,28+/m0/s1. The highest BCUT2D eigenvalue weighted by Gasteiger charge is 2.29. The number of anilines is 2. The van der Waals surface area contributed by atoms with E-state index in [-0.39, 0.29) is 23.2 Å². The van der Waals surface area contributed by atoms with Crippen LogP contribution in [0.3, 0.4) is 0 Å². The van der Waals surface area contributed by atoms with Crippen LogP contribution in [-0.2, 0) is 21.2 Å². The van der Waals surface area contributed by atoms with Crippen molar-refractivity contribution in [3.05, 3.63) is 59.7 Å². The average molecular weight is 573 g/mol. The molecule has 0 unspecified atom stereocenters. The Kier molecular flexibility index (Phi) is 10.1. The van der Waals surface area contributed by atoms with Gasteiger partial charge in [0.25, 0.3) is 5.91 Å². The molecule has 0 aromatic heterocycles. The molecule has 2 heterocycles. The highest BCUT2D eigenvalue weighted by Crippen LogP contribution is 2.29. The summed E-state index contributed by atoms with van der Waals surface area (Å²) < 4.78 is 32.6. The highest BCUT2D eigenvalue weighted by atomic mass is 32.2. The fourth-order valence-electron chi connectivity index (χ4n) is 5.20. The zero-order valence-corrected chi connectivity index (χ0v) is 24.7. The van der Waals surface area contributed by atoms with E-state index in [1.165, 1.54) is 4.31 Å². The molecular weight excluding hydrogens is 528 g/mol. The highest BCUT2D eigenvalue weighted by molar-refractivity contribution is 7.92. The minimum Gasteiger partial charge on any atom is -0.390 e. The Morgan fingerprint density at radius 3 is 2.50 bits per heavy atom. The number of rotatable bonds is 10. The topological polar surface area (TPSA) is 120 Å². The molecule has 2 aromatic rings. The second-order valence-corrected chi connectivity index (χ2v) is 13.9. The lowest BCUT2D eigenvalue weighted by Crippen LogP contribution is -2.50. The number of nitrogens with zero attached hydrogens (tertiary/aromatic N) is 1. The van der Waals surface area contributed by atoms with Crippen molar-refractivity contribution in [3.8, 4) is 0 Å². The molecule has 0 bridgehead atoms. The van der Waals surface area contributed by atoms with Crippen LogP contribution >= 0.6 is 0 Å². The third-order valence-electron chi connectivity index (χ3n) is 7.25. The van der Waals surface area contributed by atoms with Crippen LogP contribution in [0.25, 0.3) is 0 Å². The molecule has 2 saturated heterocycles. The molecule has 1 amide bonds. The van der Waals surface area contributed by atoms with E-state index in [0.29, 0.717) is 56.1 Å². The average Bonchev–Trinajstić information content (AvgIpc) is 2.91. The Morgan fingerprint density at radius 2 is 1.82 bits per heavy atom. The molecule has 0 aliphatic carbocycles. The van der Waals surface area contributed by atoms with Gasteiger partial charge in [-0.05, 0) is 76.6 Å². The Hall–Kier alpha value is -2.66. The van der Waals surface area contributed by atoms with E-state index in [4.69, 9.17) is 4.74 Å².